The van der Waals surface area contributed by atoms with Crippen LogP contribution in [0.5, 0.6) is 0 Å². The summed E-state index contributed by atoms with van der Waals surface area (Å²) in [5.41, 5.74) is 7.09. The molecule has 0 atom stereocenters. The molecule has 9 heteroatoms. The second-order valence-corrected chi connectivity index (χ2v) is 7.69. The van der Waals surface area contributed by atoms with Gasteiger partial charge in [-0.1, -0.05) is 0 Å². The summed E-state index contributed by atoms with van der Waals surface area (Å²) in [7, 11) is -7.49. The summed E-state index contributed by atoms with van der Waals surface area (Å²) >= 11 is 0. The molecule has 0 fully saturated rings. The van der Waals surface area contributed by atoms with E-state index in [1.807, 2.05) is 0 Å². The smallest absolute Gasteiger partial charge is 0.241 e. The first kappa shape index (κ1) is 15.9. The molecule has 1 aromatic rings. The molecule has 1 aromatic carbocycles. The van der Waals surface area contributed by atoms with E-state index < -0.39 is 25.8 Å². The van der Waals surface area contributed by atoms with Crippen LogP contribution >= 0.6 is 0 Å². The lowest BCUT2D eigenvalue weighted by Crippen LogP contribution is -2.32. The minimum atomic E-state index is -3.79. The van der Waals surface area contributed by atoms with E-state index in [0.717, 1.165) is 0 Å². The van der Waals surface area contributed by atoms with Crippen LogP contribution in [0, 0.1) is 13.8 Å². The van der Waals surface area contributed by atoms with Gasteiger partial charge in [0, 0.05) is 12.2 Å². The van der Waals surface area contributed by atoms with Crippen molar-refractivity contribution in [2.24, 2.45) is 5.14 Å². The largest absolute Gasteiger partial charge is 0.399 e. The van der Waals surface area contributed by atoms with Gasteiger partial charge >= 0.3 is 0 Å². The Hall–Kier alpha value is -1.16. The van der Waals surface area contributed by atoms with Crippen LogP contribution in [0.3, 0.4) is 0 Å². The van der Waals surface area contributed by atoms with Crippen molar-refractivity contribution in [2.45, 2.75) is 18.7 Å². The molecule has 7 nitrogen and oxygen atoms in total. The Morgan fingerprint density at radius 2 is 1.58 bits per heavy atom. The summed E-state index contributed by atoms with van der Waals surface area (Å²) in [5, 5.41) is 4.80. The minimum Gasteiger partial charge on any atom is -0.399 e. The van der Waals surface area contributed by atoms with E-state index in [2.05, 4.69) is 4.72 Å². The van der Waals surface area contributed by atoms with E-state index in [9.17, 15) is 16.8 Å². The average molecular weight is 307 g/mol. The lowest BCUT2D eigenvalue weighted by atomic mass is 10.1. The fourth-order valence-corrected chi connectivity index (χ4v) is 3.79. The summed E-state index contributed by atoms with van der Waals surface area (Å²) in [6.07, 6.45) is 0. The highest BCUT2D eigenvalue weighted by Gasteiger charge is 2.20. The highest BCUT2D eigenvalue weighted by Crippen LogP contribution is 2.22. The van der Waals surface area contributed by atoms with Gasteiger partial charge in [0.1, 0.15) is 0 Å². The Kier molecular flexibility index (Phi) is 4.56. The van der Waals surface area contributed by atoms with Crippen molar-refractivity contribution < 1.29 is 16.8 Å². The number of nitrogens with two attached hydrogens (primary N) is 2. The third-order valence-electron chi connectivity index (χ3n) is 2.43. The molecule has 0 spiro atoms. The molecule has 0 saturated heterocycles. The Morgan fingerprint density at radius 3 is 2.00 bits per heavy atom. The summed E-state index contributed by atoms with van der Waals surface area (Å²) < 4.78 is 47.9. The number of sulfonamides is 2. The molecule has 108 valence electrons. The normalized spacial score (nSPS) is 12.6. The predicted octanol–water partition coefficient (Wildman–Crippen LogP) is -0.548. The van der Waals surface area contributed by atoms with Gasteiger partial charge in [-0.3, -0.25) is 0 Å². The molecule has 0 aliphatic rings. The van der Waals surface area contributed by atoms with Crippen LogP contribution in [-0.4, -0.2) is 29.1 Å². The van der Waals surface area contributed by atoms with Crippen LogP contribution < -0.4 is 15.6 Å². The van der Waals surface area contributed by atoms with Crippen molar-refractivity contribution in [1.82, 2.24) is 4.72 Å². The van der Waals surface area contributed by atoms with Crippen LogP contribution in [0.25, 0.3) is 0 Å². The first-order valence-electron chi connectivity index (χ1n) is 5.40. The molecule has 0 saturated carbocycles. The van der Waals surface area contributed by atoms with Gasteiger partial charge in [0.2, 0.25) is 20.0 Å². The zero-order valence-corrected chi connectivity index (χ0v) is 12.3. The maximum absolute atomic E-state index is 12.1. The van der Waals surface area contributed by atoms with Gasteiger partial charge in [-0.05, 0) is 37.1 Å². The molecule has 1 rings (SSSR count). The van der Waals surface area contributed by atoms with Gasteiger partial charge in [0.15, 0.2) is 0 Å². The van der Waals surface area contributed by atoms with E-state index in [1.54, 1.807) is 26.0 Å². The lowest BCUT2D eigenvalue weighted by molar-refractivity contribution is 0.580. The van der Waals surface area contributed by atoms with Crippen molar-refractivity contribution in [3.63, 3.8) is 0 Å². The highest BCUT2D eigenvalue weighted by atomic mass is 32.2. The number of hydrogen-bond acceptors (Lipinski definition) is 5. The Bertz CT molecular complexity index is 658. The number of nitrogen functional groups attached to an aromatic ring is 1. The van der Waals surface area contributed by atoms with Gasteiger partial charge in [-0.15, -0.1) is 0 Å². The molecule has 0 bridgehead atoms. The second-order valence-electron chi connectivity index (χ2n) is 4.25. The molecular formula is C10H17N3O4S2. The predicted molar refractivity (Wildman–Crippen MR) is 73.5 cm³/mol. The maximum atomic E-state index is 12.1. The van der Waals surface area contributed by atoms with Crippen LogP contribution in [0.15, 0.2) is 17.0 Å². The van der Waals surface area contributed by atoms with Crippen LogP contribution in [-0.2, 0) is 20.0 Å². The fraction of sp³-hybridized carbons (Fsp3) is 0.400. The first-order chi connectivity index (χ1) is 8.53. The van der Waals surface area contributed by atoms with Gasteiger partial charge in [-0.2, -0.15) is 0 Å². The molecule has 0 aliphatic carbocycles. The third kappa shape index (κ3) is 4.46. The van der Waals surface area contributed by atoms with E-state index in [-0.39, 0.29) is 11.4 Å². The van der Waals surface area contributed by atoms with E-state index in [1.165, 1.54) is 0 Å². The zero-order chi connectivity index (χ0) is 14.8. The monoisotopic (exact) mass is 307 g/mol. The Morgan fingerprint density at radius 1 is 1.11 bits per heavy atom. The molecule has 5 N–H and O–H groups in total. The minimum absolute atomic E-state index is 0.108. The average Bonchev–Trinajstić information content (AvgIpc) is 2.11. The number of rotatable bonds is 5. The molecule has 0 aliphatic heterocycles. The van der Waals surface area contributed by atoms with Crippen LogP contribution in [0.2, 0.25) is 0 Å². The number of hydrogen-bond donors (Lipinski definition) is 3. The number of anilines is 1. The first-order valence-corrected chi connectivity index (χ1v) is 8.59. The van der Waals surface area contributed by atoms with Crippen molar-refractivity contribution in [1.29, 1.82) is 0 Å². The molecule has 0 aromatic heterocycles. The number of aryl methyl sites for hydroxylation is 2. The molecule has 0 unspecified atom stereocenters. The topological polar surface area (TPSA) is 132 Å². The molecule has 0 amide bonds. The van der Waals surface area contributed by atoms with Crippen LogP contribution in [0.4, 0.5) is 5.69 Å². The van der Waals surface area contributed by atoms with Gasteiger partial charge in [0.05, 0.1) is 10.6 Å². The van der Waals surface area contributed by atoms with E-state index >= 15 is 0 Å². The van der Waals surface area contributed by atoms with Crippen LogP contribution in [0.1, 0.15) is 11.1 Å². The summed E-state index contributed by atoms with van der Waals surface area (Å²) in [6.45, 7) is 2.97. The highest BCUT2D eigenvalue weighted by molar-refractivity contribution is 7.90. The quantitative estimate of drug-likeness (QED) is 0.628. The Balaban J connectivity index is 3.02. The maximum Gasteiger partial charge on any atom is 0.241 e. The zero-order valence-electron chi connectivity index (χ0n) is 10.7. The standard InChI is InChI=1S/C10H17N3O4S2/c1-7-5-9(11)6-8(2)10(7)19(16,17)13-3-4-18(12,14)15/h5-6,13H,3-4,11H2,1-2H3,(H2,12,14,15). The van der Waals surface area contributed by atoms with Crippen molar-refractivity contribution >= 4 is 25.7 Å². The van der Waals surface area contributed by atoms with E-state index in [4.69, 9.17) is 10.9 Å². The van der Waals surface area contributed by atoms with Gasteiger partial charge < -0.3 is 5.73 Å². The molecule has 0 radical (unpaired) electrons. The Labute approximate surface area is 113 Å². The molecule has 0 heterocycles. The van der Waals surface area contributed by atoms with Crippen molar-refractivity contribution in [3.8, 4) is 0 Å². The molecule has 19 heavy (non-hydrogen) atoms. The fourth-order valence-electron chi connectivity index (χ4n) is 1.80. The SMILES string of the molecule is Cc1cc(N)cc(C)c1S(=O)(=O)NCCS(N)(=O)=O. The lowest BCUT2D eigenvalue weighted by Gasteiger charge is -2.12. The van der Waals surface area contributed by atoms with Crippen molar-refractivity contribution in [3.05, 3.63) is 23.3 Å². The third-order valence-corrected chi connectivity index (χ3v) is 4.97. The summed E-state index contributed by atoms with van der Waals surface area (Å²) in [4.78, 5) is 0.108. The summed E-state index contributed by atoms with van der Waals surface area (Å²) in [5.74, 6) is -0.459. The van der Waals surface area contributed by atoms with Crippen molar-refractivity contribution in [2.75, 3.05) is 18.0 Å². The number of primary sulfonamides is 1. The van der Waals surface area contributed by atoms with E-state index in [0.29, 0.717) is 16.8 Å². The van der Waals surface area contributed by atoms with Gasteiger partial charge in [0.25, 0.3) is 0 Å². The van der Waals surface area contributed by atoms with Gasteiger partial charge in [-0.25, -0.2) is 26.7 Å². The summed E-state index contributed by atoms with van der Waals surface area (Å²) in [6, 6.07) is 3.09. The number of nitrogens with one attached hydrogen (secondary N) is 1. The number of benzene rings is 1. The molecular weight excluding hydrogens is 290 g/mol. The second kappa shape index (κ2) is 5.45.